The van der Waals surface area contributed by atoms with Crippen LogP contribution in [0, 0.1) is 5.41 Å². The molecule has 3 heteroatoms. The minimum Gasteiger partial charge on any atom is -0.304 e. The topological polar surface area (TPSA) is 48.6 Å². The number of hydrogen-bond donors (Lipinski definition) is 1. The van der Waals surface area contributed by atoms with Crippen molar-refractivity contribution in [3.63, 3.8) is 0 Å². The molecule has 0 atom stereocenters. The van der Waals surface area contributed by atoms with Crippen LogP contribution in [0.25, 0.3) is 0 Å². The van der Waals surface area contributed by atoms with Crippen LogP contribution in [0.3, 0.4) is 0 Å². The lowest BCUT2D eigenvalue weighted by Gasteiger charge is -2.05. The van der Waals surface area contributed by atoms with Crippen molar-refractivity contribution < 1.29 is 0 Å². The molecule has 1 N–H and O–H groups in total. The molecule has 0 spiro atoms. The van der Waals surface area contributed by atoms with Crippen LogP contribution in [-0.4, -0.2) is 24.3 Å². The van der Waals surface area contributed by atoms with E-state index in [2.05, 4.69) is 9.98 Å². The maximum absolute atomic E-state index is 7.44. The standard InChI is InChI=1S/C9H15N3/c1-2-11-9-6-4-3-5-8(10)7-12-9/h7,10H,2-6H2,1H3. The molecule has 0 unspecified atom stereocenters. The zero-order valence-electron chi connectivity index (χ0n) is 7.51. The average Bonchev–Trinajstić information content (AvgIpc) is 2.04. The maximum atomic E-state index is 7.44. The quantitative estimate of drug-likeness (QED) is 0.618. The summed E-state index contributed by atoms with van der Waals surface area (Å²) in [5.74, 6) is 0.905. The van der Waals surface area contributed by atoms with Gasteiger partial charge in [0.2, 0.25) is 0 Å². The first-order valence-electron chi connectivity index (χ1n) is 4.47. The highest BCUT2D eigenvalue weighted by Gasteiger charge is 2.02. The normalized spacial score (nSPS) is 22.4. The van der Waals surface area contributed by atoms with Crippen LogP contribution < -0.4 is 0 Å². The zero-order valence-corrected chi connectivity index (χ0v) is 7.51. The lowest BCUT2D eigenvalue weighted by molar-refractivity contribution is 0.787. The highest BCUT2D eigenvalue weighted by molar-refractivity contribution is 6.31. The van der Waals surface area contributed by atoms with E-state index in [1.165, 1.54) is 0 Å². The van der Waals surface area contributed by atoms with Crippen molar-refractivity contribution in [3.05, 3.63) is 0 Å². The minimum absolute atomic E-state index is 0.624. The second-order valence-corrected chi connectivity index (χ2v) is 2.88. The minimum atomic E-state index is 0.624. The molecular weight excluding hydrogens is 150 g/mol. The predicted molar refractivity (Wildman–Crippen MR) is 52.7 cm³/mol. The third kappa shape index (κ3) is 2.95. The van der Waals surface area contributed by atoms with Crippen LogP contribution >= 0.6 is 0 Å². The highest BCUT2D eigenvalue weighted by atomic mass is 14.9. The number of nitrogens with zero attached hydrogens (tertiary/aromatic N) is 2. The molecule has 66 valence electrons. The van der Waals surface area contributed by atoms with Crippen molar-refractivity contribution in [1.82, 2.24) is 0 Å². The molecule has 1 heterocycles. The predicted octanol–water partition coefficient (Wildman–Crippen LogP) is 2.07. The van der Waals surface area contributed by atoms with Gasteiger partial charge in [0.15, 0.2) is 0 Å². The highest BCUT2D eigenvalue weighted by Crippen LogP contribution is 2.05. The van der Waals surface area contributed by atoms with Gasteiger partial charge in [-0.15, -0.1) is 0 Å². The first kappa shape index (κ1) is 9.10. The third-order valence-electron chi connectivity index (χ3n) is 1.81. The Morgan fingerprint density at radius 1 is 1.50 bits per heavy atom. The Kier molecular flexibility index (Phi) is 3.64. The lowest BCUT2D eigenvalue weighted by atomic mass is 10.1. The fourth-order valence-corrected chi connectivity index (χ4v) is 1.18. The van der Waals surface area contributed by atoms with Gasteiger partial charge in [0, 0.05) is 24.9 Å². The first-order valence-corrected chi connectivity index (χ1v) is 4.47. The van der Waals surface area contributed by atoms with E-state index in [0.29, 0.717) is 5.71 Å². The van der Waals surface area contributed by atoms with Crippen molar-refractivity contribution in [2.45, 2.75) is 32.6 Å². The van der Waals surface area contributed by atoms with Gasteiger partial charge in [-0.2, -0.15) is 0 Å². The van der Waals surface area contributed by atoms with Gasteiger partial charge in [-0.3, -0.25) is 4.99 Å². The molecular formula is C9H15N3. The van der Waals surface area contributed by atoms with Crippen LogP contribution in [-0.2, 0) is 0 Å². The van der Waals surface area contributed by atoms with E-state index >= 15 is 0 Å². The number of rotatable bonds is 1. The Morgan fingerprint density at radius 3 is 3.00 bits per heavy atom. The molecule has 0 saturated heterocycles. The van der Waals surface area contributed by atoms with E-state index in [9.17, 15) is 0 Å². The molecule has 12 heavy (non-hydrogen) atoms. The van der Waals surface area contributed by atoms with Gasteiger partial charge in [-0.05, 0) is 26.2 Å². The second-order valence-electron chi connectivity index (χ2n) is 2.88. The van der Waals surface area contributed by atoms with Crippen LogP contribution in [0.1, 0.15) is 32.6 Å². The van der Waals surface area contributed by atoms with Crippen molar-refractivity contribution >= 4 is 17.8 Å². The van der Waals surface area contributed by atoms with Gasteiger partial charge < -0.3 is 5.41 Å². The SMILES string of the molecule is CCN=C1CCCCC(=N)C=N1. The lowest BCUT2D eigenvalue weighted by Crippen LogP contribution is -2.06. The smallest absolute Gasteiger partial charge is 0.123 e. The first-order chi connectivity index (χ1) is 5.83. The van der Waals surface area contributed by atoms with E-state index in [4.69, 9.17) is 5.41 Å². The van der Waals surface area contributed by atoms with E-state index in [-0.39, 0.29) is 0 Å². The monoisotopic (exact) mass is 165 g/mol. The number of aliphatic imine (C=N–C) groups is 2. The maximum Gasteiger partial charge on any atom is 0.123 e. The van der Waals surface area contributed by atoms with E-state index in [0.717, 1.165) is 38.1 Å². The molecule has 0 aromatic rings. The van der Waals surface area contributed by atoms with E-state index in [1.807, 2.05) is 6.92 Å². The molecule has 0 aromatic heterocycles. The summed E-state index contributed by atoms with van der Waals surface area (Å²) in [6, 6.07) is 0. The molecule has 1 aliphatic rings. The summed E-state index contributed by atoms with van der Waals surface area (Å²) in [6.07, 6.45) is 5.67. The number of nitrogens with one attached hydrogen (secondary N) is 1. The van der Waals surface area contributed by atoms with Crippen molar-refractivity contribution in [2.24, 2.45) is 9.98 Å². The van der Waals surface area contributed by atoms with Crippen molar-refractivity contribution in [2.75, 3.05) is 6.54 Å². The summed E-state index contributed by atoms with van der Waals surface area (Å²) in [5.41, 5.74) is 0.624. The van der Waals surface area contributed by atoms with Gasteiger partial charge in [0.1, 0.15) is 5.84 Å². The Hall–Kier alpha value is -0.990. The molecule has 0 aliphatic carbocycles. The van der Waals surface area contributed by atoms with Gasteiger partial charge >= 0.3 is 0 Å². The molecule has 1 aliphatic heterocycles. The fraction of sp³-hybridized carbons (Fsp3) is 0.667. The summed E-state index contributed by atoms with van der Waals surface area (Å²) in [7, 11) is 0. The van der Waals surface area contributed by atoms with Gasteiger partial charge in [0.25, 0.3) is 0 Å². The molecule has 3 nitrogen and oxygen atoms in total. The van der Waals surface area contributed by atoms with E-state index in [1.54, 1.807) is 6.21 Å². The second kappa shape index (κ2) is 4.80. The molecule has 0 bridgehead atoms. The Morgan fingerprint density at radius 2 is 2.25 bits per heavy atom. The molecule has 0 aromatic carbocycles. The fourth-order valence-electron chi connectivity index (χ4n) is 1.18. The van der Waals surface area contributed by atoms with Gasteiger partial charge in [0.05, 0.1) is 0 Å². The molecule has 0 fully saturated rings. The summed E-state index contributed by atoms with van der Waals surface area (Å²) in [4.78, 5) is 8.40. The van der Waals surface area contributed by atoms with Gasteiger partial charge in [-0.1, -0.05) is 0 Å². The van der Waals surface area contributed by atoms with E-state index < -0.39 is 0 Å². The van der Waals surface area contributed by atoms with Crippen LogP contribution in [0.4, 0.5) is 0 Å². The summed E-state index contributed by atoms with van der Waals surface area (Å²) < 4.78 is 0. The third-order valence-corrected chi connectivity index (χ3v) is 1.81. The summed E-state index contributed by atoms with van der Waals surface area (Å²) >= 11 is 0. The Bertz CT molecular complexity index is 216. The zero-order chi connectivity index (χ0) is 8.81. The average molecular weight is 165 g/mol. The Balaban J connectivity index is 2.63. The van der Waals surface area contributed by atoms with Crippen LogP contribution in [0.2, 0.25) is 0 Å². The molecule has 0 amide bonds. The number of hydrogen-bond acceptors (Lipinski definition) is 2. The Labute approximate surface area is 73.1 Å². The molecule has 1 rings (SSSR count). The van der Waals surface area contributed by atoms with Crippen LogP contribution in [0.5, 0.6) is 0 Å². The molecule has 0 radical (unpaired) electrons. The number of amidine groups is 1. The van der Waals surface area contributed by atoms with Gasteiger partial charge in [-0.25, -0.2) is 4.99 Å². The molecule has 0 saturated carbocycles. The summed E-state index contributed by atoms with van der Waals surface area (Å²) in [6.45, 7) is 2.80. The van der Waals surface area contributed by atoms with Crippen LogP contribution in [0.15, 0.2) is 9.98 Å². The van der Waals surface area contributed by atoms with Crippen molar-refractivity contribution in [3.8, 4) is 0 Å². The largest absolute Gasteiger partial charge is 0.304 e. The van der Waals surface area contributed by atoms with Crippen molar-refractivity contribution in [1.29, 1.82) is 5.41 Å². The summed E-state index contributed by atoms with van der Waals surface area (Å²) in [5, 5.41) is 7.44.